The summed E-state index contributed by atoms with van der Waals surface area (Å²) in [6.45, 7) is 0.484. The Morgan fingerprint density at radius 1 is 1.14 bits per heavy atom. The Labute approximate surface area is 127 Å². The van der Waals surface area contributed by atoms with Crippen LogP contribution in [-0.2, 0) is 25.6 Å². The van der Waals surface area contributed by atoms with Crippen LogP contribution in [0.5, 0.6) is 11.5 Å². The molecule has 0 unspecified atom stereocenters. The van der Waals surface area contributed by atoms with Gasteiger partial charge in [-0.05, 0) is 17.7 Å². The third kappa shape index (κ3) is 4.09. The van der Waals surface area contributed by atoms with Crippen LogP contribution in [0.3, 0.4) is 0 Å². The summed E-state index contributed by atoms with van der Waals surface area (Å²) >= 11 is 0. The van der Waals surface area contributed by atoms with E-state index >= 15 is 0 Å². The van der Waals surface area contributed by atoms with Gasteiger partial charge in [-0.15, -0.1) is 0 Å². The average molecular weight is 310 g/mol. The first-order valence-corrected chi connectivity index (χ1v) is 6.64. The highest BCUT2D eigenvalue weighted by molar-refractivity contribution is 6.35. The van der Waals surface area contributed by atoms with Gasteiger partial charge in [0, 0.05) is 20.8 Å². The molecule has 0 aliphatic carbocycles. The second-order valence-corrected chi connectivity index (χ2v) is 4.48. The SMILES string of the molecule is COC(CNC(=O)C(=O)NCc1ccc2c(c1)OCO2)OC. The molecule has 2 amide bonds. The van der Waals surface area contributed by atoms with Gasteiger partial charge in [-0.2, -0.15) is 0 Å². The number of carbonyl (C=O) groups excluding carboxylic acids is 2. The van der Waals surface area contributed by atoms with Crippen molar-refractivity contribution in [3.05, 3.63) is 23.8 Å². The van der Waals surface area contributed by atoms with Crippen LogP contribution in [0.4, 0.5) is 0 Å². The molecule has 0 bridgehead atoms. The summed E-state index contributed by atoms with van der Waals surface area (Å²) in [7, 11) is 2.89. The number of rotatable bonds is 6. The fraction of sp³-hybridized carbons (Fsp3) is 0.429. The lowest BCUT2D eigenvalue weighted by Crippen LogP contribution is -2.43. The zero-order valence-electron chi connectivity index (χ0n) is 12.4. The molecule has 1 heterocycles. The van der Waals surface area contributed by atoms with Crippen LogP contribution in [-0.4, -0.2) is 45.7 Å². The zero-order valence-corrected chi connectivity index (χ0v) is 12.4. The Morgan fingerprint density at radius 3 is 2.55 bits per heavy atom. The molecule has 8 nitrogen and oxygen atoms in total. The molecule has 2 N–H and O–H groups in total. The highest BCUT2D eigenvalue weighted by Crippen LogP contribution is 2.32. The highest BCUT2D eigenvalue weighted by Gasteiger charge is 2.16. The van der Waals surface area contributed by atoms with Gasteiger partial charge in [-0.3, -0.25) is 9.59 Å². The topological polar surface area (TPSA) is 95.1 Å². The molecule has 8 heteroatoms. The van der Waals surface area contributed by atoms with E-state index in [1.54, 1.807) is 18.2 Å². The summed E-state index contributed by atoms with van der Waals surface area (Å²) in [4.78, 5) is 23.3. The van der Waals surface area contributed by atoms with E-state index in [0.29, 0.717) is 11.5 Å². The molecule has 0 saturated carbocycles. The first-order valence-electron chi connectivity index (χ1n) is 6.64. The van der Waals surface area contributed by atoms with E-state index in [0.717, 1.165) is 5.56 Å². The van der Waals surface area contributed by atoms with Crippen LogP contribution in [0.25, 0.3) is 0 Å². The Bertz CT molecular complexity index is 544. The van der Waals surface area contributed by atoms with E-state index in [-0.39, 0.29) is 19.9 Å². The lowest BCUT2D eigenvalue weighted by atomic mass is 10.2. The number of methoxy groups -OCH3 is 2. The van der Waals surface area contributed by atoms with E-state index in [1.807, 2.05) is 0 Å². The molecule has 1 aromatic carbocycles. The number of carbonyl (C=O) groups is 2. The molecule has 2 rings (SSSR count). The summed E-state index contributed by atoms with van der Waals surface area (Å²) in [6.07, 6.45) is -0.592. The van der Waals surface area contributed by atoms with E-state index in [1.165, 1.54) is 14.2 Å². The monoisotopic (exact) mass is 310 g/mol. The maximum Gasteiger partial charge on any atom is 0.309 e. The normalized spacial score (nSPS) is 12.3. The summed E-state index contributed by atoms with van der Waals surface area (Å²) < 4.78 is 20.3. The van der Waals surface area contributed by atoms with Gasteiger partial charge in [0.1, 0.15) is 0 Å². The van der Waals surface area contributed by atoms with Crippen molar-refractivity contribution in [2.24, 2.45) is 0 Å². The third-order valence-corrected chi connectivity index (χ3v) is 3.05. The number of amides is 2. The average Bonchev–Trinajstić information content (AvgIpc) is 3.00. The quantitative estimate of drug-likeness (QED) is 0.556. The first-order chi connectivity index (χ1) is 10.6. The van der Waals surface area contributed by atoms with E-state index in [2.05, 4.69) is 10.6 Å². The van der Waals surface area contributed by atoms with Crippen LogP contribution < -0.4 is 20.1 Å². The minimum atomic E-state index is -0.750. The second-order valence-electron chi connectivity index (χ2n) is 4.48. The number of benzene rings is 1. The van der Waals surface area contributed by atoms with Crippen molar-refractivity contribution in [1.82, 2.24) is 10.6 Å². The van der Waals surface area contributed by atoms with Gasteiger partial charge in [0.05, 0.1) is 6.54 Å². The maximum atomic E-state index is 11.7. The minimum Gasteiger partial charge on any atom is -0.454 e. The van der Waals surface area contributed by atoms with E-state index < -0.39 is 18.1 Å². The van der Waals surface area contributed by atoms with Gasteiger partial charge in [0.25, 0.3) is 0 Å². The summed E-state index contributed by atoms with van der Waals surface area (Å²) in [5, 5.41) is 4.94. The fourth-order valence-corrected chi connectivity index (χ4v) is 1.83. The number of fused-ring (bicyclic) bond motifs is 1. The highest BCUT2D eigenvalue weighted by atomic mass is 16.7. The van der Waals surface area contributed by atoms with Crippen molar-refractivity contribution in [2.45, 2.75) is 12.8 Å². The molecule has 22 heavy (non-hydrogen) atoms. The number of nitrogens with one attached hydrogen (secondary N) is 2. The van der Waals surface area contributed by atoms with Gasteiger partial charge in [0.2, 0.25) is 6.79 Å². The predicted molar refractivity (Wildman–Crippen MR) is 75.2 cm³/mol. The number of hydrogen-bond acceptors (Lipinski definition) is 6. The van der Waals surface area contributed by atoms with Crippen LogP contribution in [0.1, 0.15) is 5.56 Å². The predicted octanol–water partition coefficient (Wildman–Crippen LogP) is -0.233. The van der Waals surface area contributed by atoms with Gasteiger partial charge in [-0.1, -0.05) is 6.07 Å². The van der Waals surface area contributed by atoms with Crippen molar-refractivity contribution >= 4 is 11.8 Å². The van der Waals surface area contributed by atoms with Gasteiger partial charge in [-0.25, -0.2) is 0 Å². The van der Waals surface area contributed by atoms with Crippen molar-refractivity contribution in [3.8, 4) is 11.5 Å². The first kappa shape index (κ1) is 16.1. The van der Waals surface area contributed by atoms with Crippen molar-refractivity contribution in [2.75, 3.05) is 27.6 Å². The molecule has 120 valence electrons. The smallest absolute Gasteiger partial charge is 0.309 e. The maximum absolute atomic E-state index is 11.7. The summed E-state index contributed by atoms with van der Waals surface area (Å²) in [6, 6.07) is 5.30. The van der Waals surface area contributed by atoms with Gasteiger partial charge in [0.15, 0.2) is 17.8 Å². The van der Waals surface area contributed by atoms with Crippen LogP contribution in [0.15, 0.2) is 18.2 Å². The standard InChI is InChI=1S/C14H18N2O6/c1-19-12(20-2)7-16-14(18)13(17)15-6-9-3-4-10-11(5-9)22-8-21-10/h3-5,12H,6-8H2,1-2H3,(H,15,17)(H,16,18). The zero-order chi connectivity index (χ0) is 15.9. The Hall–Kier alpha value is -2.32. The van der Waals surface area contributed by atoms with Crippen LogP contribution in [0, 0.1) is 0 Å². The Morgan fingerprint density at radius 2 is 1.82 bits per heavy atom. The molecule has 0 atom stereocenters. The molecule has 1 aromatic rings. The molecule has 0 fully saturated rings. The van der Waals surface area contributed by atoms with Crippen LogP contribution >= 0.6 is 0 Å². The Balaban J connectivity index is 1.78. The third-order valence-electron chi connectivity index (χ3n) is 3.05. The fourth-order valence-electron chi connectivity index (χ4n) is 1.83. The summed E-state index contributed by atoms with van der Waals surface area (Å²) in [5.41, 5.74) is 0.803. The van der Waals surface area contributed by atoms with Crippen molar-refractivity contribution < 1.29 is 28.5 Å². The van der Waals surface area contributed by atoms with Crippen LogP contribution in [0.2, 0.25) is 0 Å². The molecule has 0 spiro atoms. The molecule has 1 aliphatic rings. The largest absolute Gasteiger partial charge is 0.454 e. The summed E-state index contributed by atoms with van der Waals surface area (Å²) in [5.74, 6) is -0.194. The molecule has 0 radical (unpaired) electrons. The lowest BCUT2D eigenvalue weighted by Gasteiger charge is -2.13. The minimum absolute atomic E-state index is 0.0866. The molecule has 0 aromatic heterocycles. The second kappa shape index (κ2) is 7.62. The molecular weight excluding hydrogens is 292 g/mol. The van der Waals surface area contributed by atoms with E-state index in [4.69, 9.17) is 18.9 Å². The number of ether oxygens (including phenoxy) is 4. The lowest BCUT2D eigenvalue weighted by molar-refractivity contribution is -0.141. The van der Waals surface area contributed by atoms with Gasteiger partial charge >= 0.3 is 11.8 Å². The Kier molecular flexibility index (Phi) is 5.56. The number of hydrogen-bond donors (Lipinski definition) is 2. The molecular formula is C14H18N2O6. The van der Waals surface area contributed by atoms with E-state index in [9.17, 15) is 9.59 Å². The van der Waals surface area contributed by atoms with Gasteiger partial charge < -0.3 is 29.6 Å². The molecule has 1 aliphatic heterocycles. The van der Waals surface area contributed by atoms with Crippen molar-refractivity contribution in [3.63, 3.8) is 0 Å². The molecule has 0 saturated heterocycles. The van der Waals surface area contributed by atoms with Crippen molar-refractivity contribution in [1.29, 1.82) is 0 Å².